The van der Waals surface area contributed by atoms with E-state index >= 15 is 0 Å². The number of anilines is 1. The lowest BCUT2D eigenvalue weighted by atomic mass is 10.1. The molecule has 0 fully saturated rings. The Bertz CT molecular complexity index is 541. The molecule has 0 bridgehead atoms. The molecule has 5 nitrogen and oxygen atoms in total. The standard InChI is InChI=1S/C14H18N4OS/c15-14-18-12(10-20-14)2-1-7-17-13(19)4-3-11-5-8-16-9-6-11/h5-6,8-10H,1-4,7H2,(H2,15,18)(H,17,19). The minimum Gasteiger partial charge on any atom is -0.375 e. The van der Waals surface area contributed by atoms with E-state index in [4.69, 9.17) is 5.73 Å². The zero-order valence-electron chi connectivity index (χ0n) is 11.2. The number of nitrogens with zero attached hydrogens (tertiary/aromatic N) is 2. The molecule has 20 heavy (non-hydrogen) atoms. The Morgan fingerprint density at radius 3 is 2.80 bits per heavy atom. The molecule has 2 heterocycles. The average Bonchev–Trinajstić information content (AvgIpc) is 2.88. The molecule has 0 saturated heterocycles. The first-order valence-corrected chi connectivity index (χ1v) is 7.47. The molecule has 2 rings (SSSR count). The third kappa shape index (κ3) is 4.97. The van der Waals surface area contributed by atoms with Crippen LogP contribution in [0.2, 0.25) is 0 Å². The number of thiazole rings is 1. The van der Waals surface area contributed by atoms with E-state index in [9.17, 15) is 4.79 Å². The van der Waals surface area contributed by atoms with Gasteiger partial charge in [-0.3, -0.25) is 9.78 Å². The van der Waals surface area contributed by atoms with Gasteiger partial charge in [-0.05, 0) is 37.0 Å². The summed E-state index contributed by atoms with van der Waals surface area (Å²) >= 11 is 1.45. The van der Waals surface area contributed by atoms with Gasteiger partial charge in [0.1, 0.15) is 0 Å². The molecular weight excluding hydrogens is 272 g/mol. The van der Waals surface area contributed by atoms with Gasteiger partial charge in [-0.25, -0.2) is 4.98 Å². The first-order chi connectivity index (χ1) is 9.74. The maximum Gasteiger partial charge on any atom is 0.220 e. The van der Waals surface area contributed by atoms with Crippen LogP contribution < -0.4 is 11.1 Å². The normalized spacial score (nSPS) is 10.4. The Morgan fingerprint density at radius 2 is 2.10 bits per heavy atom. The highest BCUT2D eigenvalue weighted by molar-refractivity contribution is 7.13. The molecule has 0 atom stereocenters. The number of pyridine rings is 1. The van der Waals surface area contributed by atoms with Crippen LogP contribution in [-0.4, -0.2) is 22.4 Å². The van der Waals surface area contributed by atoms with Gasteiger partial charge < -0.3 is 11.1 Å². The third-order valence-corrected chi connectivity index (χ3v) is 3.61. The van der Waals surface area contributed by atoms with Gasteiger partial charge in [0.2, 0.25) is 5.91 Å². The van der Waals surface area contributed by atoms with E-state index in [1.165, 1.54) is 11.3 Å². The number of aryl methyl sites for hydroxylation is 2. The zero-order valence-corrected chi connectivity index (χ0v) is 12.0. The Balaban J connectivity index is 1.58. The highest BCUT2D eigenvalue weighted by atomic mass is 32.1. The van der Waals surface area contributed by atoms with Crippen LogP contribution in [0.1, 0.15) is 24.1 Å². The van der Waals surface area contributed by atoms with Gasteiger partial charge >= 0.3 is 0 Å². The molecule has 0 unspecified atom stereocenters. The molecule has 0 radical (unpaired) electrons. The Morgan fingerprint density at radius 1 is 1.30 bits per heavy atom. The molecule has 0 aliphatic heterocycles. The lowest BCUT2D eigenvalue weighted by Gasteiger charge is -2.04. The van der Waals surface area contributed by atoms with Crippen LogP contribution in [0.3, 0.4) is 0 Å². The highest BCUT2D eigenvalue weighted by Crippen LogP contribution is 2.12. The molecule has 0 aliphatic carbocycles. The Kier molecular flexibility index (Phi) is 5.49. The second-order valence-corrected chi connectivity index (χ2v) is 5.38. The summed E-state index contributed by atoms with van der Waals surface area (Å²) < 4.78 is 0. The van der Waals surface area contributed by atoms with Crippen molar-refractivity contribution in [2.75, 3.05) is 12.3 Å². The van der Waals surface area contributed by atoms with Crippen molar-refractivity contribution in [2.24, 2.45) is 0 Å². The second-order valence-electron chi connectivity index (χ2n) is 4.49. The van der Waals surface area contributed by atoms with Gasteiger partial charge in [0.15, 0.2) is 5.13 Å². The molecule has 2 aromatic rings. The number of nitrogens with one attached hydrogen (secondary N) is 1. The van der Waals surface area contributed by atoms with Crippen molar-refractivity contribution < 1.29 is 4.79 Å². The zero-order chi connectivity index (χ0) is 14.2. The summed E-state index contributed by atoms with van der Waals surface area (Å²) in [5.74, 6) is 0.0830. The van der Waals surface area contributed by atoms with Crippen molar-refractivity contribution in [3.05, 3.63) is 41.2 Å². The molecule has 106 valence electrons. The van der Waals surface area contributed by atoms with Crippen molar-refractivity contribution >= 4 is 22.4 Å². The molecule has 0 aliphatic rings. The van der Waals surface area contributed by atoms with E-state index < -0.39 is 0 Å². The smallest absolute Gasteiger partial charge is 0.220 e. The van der Waals surface area contributed by atoms with E-state index in [0.717, 1.165) is 30.5 Å². The fraction of sp³-hybridized carbons (Fsp3) is 0.357. The summed E-state index contributed by atoms with van der Waals surface area (Å²) in [5.41, 5.74) is 7.69. The SMILES string of the molecule is Nc1nc(CCCNC(=O)CCc2ccncc2)cs1. The number of aromatic nitrogens is 2. The summed E-state index contributed by atoms with van der Waals surface area (Å²) in [6.07, 6.45) is 6.47. The molecule has 0 spiro atoms. The topological polar surface area (TPSA) is 80.9 Å². The quantitative estimate of drug-likeness (QED) is 0.762. The molecule has 0 saturated carbocycles. The molecule has 0 aromatic carbocycles. The molecule has 3 N–H and O–H groups in total. The number of hydrogen-bond donors (Lipinski definition) is 2. The third-order valence-electron chi connectivity index (χ3n) is 2.89. The number of hydrogen-bond acceptors (Lipinski definition) is 5. The maximum atomic E-state index is 11.7. The van der Waals surface area contributed by atoms with E-state index in [1.807, 2.05) is 17.5 Å². The Labute approximate surface area is 122 Å². The minimum atomic E-state index is 0.0830. The van der Waals surface area contributed by atoms with Crippen LogP contribution >= 0.6 is 11.3 Å². The molecule has 2 aromatic heterocycles. The summed E-state index contributed by atoms with van der Waals surface area (Å²) in [6.45, 7) is 0.673. The molecule has 1 amide bonds. The van der Waals surface area contributed by atoms with Crippen molar-refractivity contribution in [3.63, 3.8) is 0 Å². The fourth-order valence-corrected chi connectivity index (χ4v) is 2.43. The van der Waals surface area contributed by atoms with E-state index in [0.29, 0.717) is 18.1 Å². The van der Waals surface area contributed by atoms with Crippen LogP contribution in [0, 0.1) is 0 Å². The van der Waals surface area contributed by atoms with Gasteiger partial charge in [0.25, 0.3) is 0 Å². The highest BCUT2D eigenvalue weighted by Gasteiger charge is 2.03. The lowest BCUT2D eigenvalue weighted by Crippen LogP contribution is -2.25. The maximum absolute atomic E-state index is 11.7. The first-order valence-electron chi connectivity index (χ1n) is 6.59. The van der Waals surface area contributed by atoms with Gasteiger partial charge in [-0.2, -0.15) is 0 Å². The molecule has 6 heteroatoms. The fourth-order valence-electron chi connectivity index (χ4n) is 1.83. The predicted octanol–water partition coefficient (Wildman–Crippen LogP) is 1.80. The van der Waals surface area contributed by atoms with Crippen LogP contribution in [0.25, 0.3) is 0 Å². The van der Waals surface area contributed by atoms with E-state index in [2.05, 4.69) is 15.3 Å². The summed E-state index contributed by atoms with van der Waals surface area (Å²) in [7, 11) is 0. The summed E-state index contributed by atoms with van der Waals surface area (Å²) in [5, 5.41) is 5.48. The van der Waals surface area contributed by atoms with Crippen molar-refractivity contribution in [2.45, 2.75) is 25.7 Å². The van der Waals surface area contributed by atoms with Crippen molar-refractivity contribution in [1.82, 2.24) is 15.3 Å². The van der Waals surface area contributed by atoms with Gasteiger partial charge in [0, 0.05) is 30.7 Å². The van der Waals surface area contributed by atoms with Crippen molar-refractivity contribution in [1.29, 1.82) is 0 Å². The van der Waals surface area contributed by atoms with Crippen LogP contribution in [0.4, 0.5) is 5.13 Å². The minimum absolute atomic E-state index is 0.0830. The predicted molar refractivity (Wildman–Crippen MR) is 80.4 cm³/mol. The number of nitrogen functional groups attached to an aromatic ring is 1. The number of amides is 1. The van der Waals surface area contributed by atoms with E-state index in [1.54, 1.807) is 12.4 Å². The summed E-state index contributed by atoms with van der Waals surface area (Å²) in [4.78, 5) is 19.8. The lowest BCUT2D eigenvalue weighted by molar-refractivity contribution is -0.121. The van der Waals surface area contributed by atoms with Gasteiger partial charge in [0.05, 0.1) is 5.69 Å². The second kappa shape index (κ2) is 7.59. The number of rotatable bonds is 7. The van der Waals surface area contributed by atoms with Crippen LogP contribution in [-0.2, 0) is 17.6 Å². The number of carbonyl (C=O) groups excluding carboxylic acids is 1. The van der Waals surface area contributed by atoms with Crippen LogP contribution in [0.5, 0.6) is 0 Å². The van der Waals surface area contributed by atoms with E-state index in [-0.39, 0.29) is 5.91 Å². The van der Waals surface area contributed by atoms with Crippen LogP contribution in [0.15, 0.2) is 29.9 Å². The monoisotopic (exact) mass is 290 g/mol. The Hall–Kier alpha value is -1.95. The number of carbonyl (C=O) groups is 1. The molecular formula is C14H18N4OS. The first kappa shape index (κ1) is 14.5. The summed E-state index contributed by atoms with van der Waals surface area (Å²) in [6, 6.07) is 3.86. The van der Waals surface area contributed by atoms with Crippen molar-refractivity contribution in [3.8, 4) is 0 Å². The van der Waals surface area contributed by atoms with Gasteiger partial charge in [-0.1, -0.05) is 0 Å². The average molecular weight is 290 g/mol. The van der Waals surface area contributed by atoms with Gasteiger partial charge in [-0.15, -0.1) is 11.3 Å². The largest absolute Gasteiger partial charge is 0.375 e. The number of nitrogens with two attached hydrogens (primary N) is 1.